The van der Waals surface area contributed by atoms with Crippen LogP contribution in [0, 0.1) is 0 Å². The first-order chi connectivity index (χ1) is 13.2. The maximum atomic E-state index is 11.3. The van der Waals surface area contributed by atoms with Crippen LogP contribution in [0.5, 0.6) is 0 Å². The number of nitrogens with zero attached hydrogens (tertiary/aromatic N) is 3. The van der Waals surface area contributed by atoms with E-state index in [0.717, 1.165) is 28.2 Å². The molecule has 4 aromatic rings. The van der Waals surface area contributed by atoms with E-state index in [4.69, 9.17) is 5.10 Å². The number of carbonyl (C=O) groups is 1. The molecule has 0 aliphatic carbocycles. The largest absolute Gasteiger partial charge is 0.476 e. The van der Waals surface area contributed by atoms with Crippen LogP contribution in [0.1, 0.15) is 10.5 Å². The summed E-state index contributed by atoms with van der Waals surface area (Å²) in [6, 6.07) is 19.7. The molecule has 134 valence electrons. The summed E-state index contributed by atoms with van der Waals surface area (Å²) in [4.78, 5) is 15.5. The molecule has 27 heavy (non-hydrogen) atoms. The van der Waals surface area contributed by atoms with Crippen molar-refractivity contribution < 1.29 is 9.90 Å². The summed E-state index contributed by atoms with van der Waals surface area (Å²) in [7, 11) is 1.85. The number of carboxylic acid groups (broad SMARTS) is 1. The molecule has 0 radical (unpaired) electrons. The van der Waals surface area contributed by atoms with Gasteiger partial charge in [0.1, 0.15) is 11.4 Å². The molecule has 6 nitrogen and oxygen atoms in total. The summed E-state index contributed by atoms with van der Waals surface area (Å²) in [6.45, 7) is 0. The molecular weight excluding hydrogens is 360 g/mol. The molecule has 2 aromatic heterocycles. The van der Waals surface area contributed by atoms with Gasteiger partial charge in [0.15, 0.2) is 5.69 Å². The summed E-state index contributed by atoms with van der Waals surface area (Å²) < 4.78 is 1.71. The van der Waals surface area contributed by atoms with Gasteiger partial charge < -0.3 is 10.4 Å². The molecule has 0 spiro atoms. The number of anilines is 1. The molecule has 0 amide bonds. The van der Waals surface area contributed by atoms with Crippen molar-refractivity contribution in [3.63, 3.8) is 0 Å². The number of aromatic carboxylic acids is 1. The molecule has 0 fully saturated rings. The van der Waals surface area contributed by atoms with Crippen LogP contribution in [0.3, 0.4) is 0 Å². The van der Waals surface area contributed by atoms with Crippen LogP contribution in [0.25, 0.3) is 27.6 Å². The van der Waals surface area contributed by atoms with Crippen molar-refractivity contribution in [2.24, 2.45) is 0 Å². The number of thiazole rings is 1. The first-order valence-electron chi connectivity index (χ1n) is 8.30. The molecular formula is C20H16N4O2S. The highest BCUT2D eigenvalue weighted by Gasteiger charge is 2.23. The quantitative estimate of drug-likeness (QED) is 0.539. The lowest BCUT2D eigenvalue weighted by Crippen LogP contribution is -2.02. The van der Waals surface area contributed by atoms with Crippen molar-refractivity contribution >= 4 is 23.0 Å². The SMILES string of the molecule is CNc1c(-c2ccccc2)nn(-c2nc(C(=O)O)cs2)c1-c1ccccc1. The average molecular weight is 376 g/mol. The molecule has 0 atom stereocenters. The maximum Gasteiger partial charge on any atom is 0.355 e. The maximum absolute atomic E-state index is 11.3. The van der Waals surface area contributed by atoms with E-state index in [1.807, 2.05) is 67.7 Å². The van der Waals surface area contributed by atoms with Gasteiger partial charge in [0.25, 0.3) is 0 Å². The van der Waals surface area contributed by atoms with Crippen LogP contribution < -0.4 is 5.32 Å². The number of benzene rings is 2. The number of rotatable bonds is 5. The van der Waals surface area contributed by atoms with E-state index >= 15 is 0 Å². The highest BCUT2D eigenvalue weighted by molar-refractivity contribution is 7.12. The van der Waals surface area contributed by atoms with Gasteiger partial charge in [-0.2, -0.15) is 5.10 Å². The molecule has 4 rings (SSSR count). The Morgan fingerprint density at radius 1 is 1.04 bits per heavy atom. The standard InChI is InChI=1S/C20H16N4O2S/c1-21-17-16(13-8-4-2-5-9-13)23-24(18(17)14-10-6-3-7-11-14)20-22-15(12-27-20)19(25)26/h2-12,21H,1H3,(H,25,26). The van der Waals surface area contributed by atoms with E-state index in [2.05, 4.69) is 10.3 Å². The average Bonchev–Trinajstić information content (AvgIpc) is 3.34. The Morgan fingerprint density at radius 2 is 1.67 bits per heavy atom. The fourth-order valence-corrected chi connectivity index (χ4v) is 3.67. The fraction of sp³-hybridized carbons (Fsp3) is 0.0500. The van der Waals surface area contributed by atoms with Gasteiger partial charge in [-0.1, -0.05) is 60.7 Å². The third-order valence-corrected chi connectivity index (χ3v) is 4.94. The zero-order valence-corrected chi connectivity index (χ0v) is 15.3. The van der Waals surface area contributed by atoms with Gasteiger partial charge in [0.2, 0.25) is 5.13 Å². The number of carboxylic acids is 1. The molecule has 0 aliphatic heterocycles. The number of hydrogen-bond acceptors (Lipinski definition) is 5. The van der Waals surface area contributed by atoms with Crippen molar-refractivity contribution in [3.8, 4) is 27.6 Å². The lowest BCUT2D eigenvalue weighted by molar-refractivity contribution is 0.0691. The minimum absolute atomic E-state index is 0.0109. The third-order valence-electron chi connectivity index (χ3n) is 4.12. The minimum atomic E-state index is -1.05. The zero-order valence-electron chi connectivity index (χ0n) is 14.5. The lowest BCUT2D eigenvalue weighted by Gasteiger charge is -2.08. The molecule has 0 saturated heterocycles. The third kappa shape index (κ3) is 3.09. The first-order valence-corrected chi connectivity index (χ1v) is 9.18. The van der Waals surface area contributed by atoms with Gasteiger partial charge in [-0.15, -0.1) is 11.3 Å². The van der Waals surface area contributed by atoms with E-state index in [-0.39, 0.29) is 5.69 Å². The zero-order chi connectivity index (χ0) is 18.8. The van der Waals surface area contributed by atoms with E-state index in [9.17, 15) is 9.90 Å². The van der Waals surface area contributed by atoms with Crippen LogP contribution in [0.2, 0.25) is 0 Å². The second kappa shape index (κ2) is 7.05. The Bertz CT molecular complexity index is 1090. The predicted octanol–water partition coefficient (Wildman–Crippen LogP) is 4.40. The van der Waals surface area contributed by atoms with Gasteiger partial charge in [0, 0.05) is 23.6 Å². The van der Waals surface area contributed by atoms with Crippen LogP contribution in [-0.4, -0.2) is 32.9 Å². The second-order valence-electron chi connectivity index (χ2n) is 5.79. The summed E-state index contributed by atoms with van der Waals surface area (Å²) in [6.07, 6.45) is 0. The summed E-state index contributed by atoms with van der Waals surface area (Å²) in [5, 5.41) is 19.3. The van der Waals surface area contributed by atoms with Crippen LogP contribution in [-0.2, 0) is 0 Å². The molecule has 7 heteroatoms. The Morgan fingerprint density at radius 3 is 2.22 bits per heavy atom. The molecule has 2 heterocycles. The van der Waals surface area contributed by atoms with E-state index in [0.29, 0.717) is 5.13 Å². The normalized spacial score (nSPS) is 10.7. The van der Waals surface area contributed by atoms with E-state index in [1.165, 1.54) is 16.7 Å². The van der Waals surface area contributed by atoms with Gasteiger partial charge in [-0.3, -0.25) is 0 Å². The predicted molar refractivity (Wildman–Crippen MR) is 107 cm³/mol. The Balaban J connectivity index is 1.99. The van der Waals surface area contributed by atoms with Gasteiger partial charge in [-0.05, 0) is 0 Å². The topological polar surface area (TPSA) is 80.0 Å². The summed E-state index contributed by atoms with van der Waals surface area (Å²) in [5.74, 6) is -1.05. The second-order valence-corrected chi connectivity index (χ2v) is 6.62. The highest BCUT2D eigenvalue weighted by atomic mass is 32.1. The highest BCUT2D eigenvalue weighted by Crippen LogP contribution is 2.38. The minimum Gasteiger partial charge on any atom is -0.476 e. The van der Waals surface area contributed by atoms with Gasteiger partial charge in [0.05, 0.1) is 5.69 Å². The molecule has 0 bridgehead atoms. The number of aromatic nitrogens is 3. The summed E-state index contributed by atoms with van der Waals surface area (Å²) in [5.41, 5.74) is 4.42. The number of nitrogens with one attached hydrogen (secondary N) is 1. The molecule has 0 saturated carbocycles. The van der Waals surface area contributed by atoms with Crippen LogP contribution in [0.4, 0.5) is 5.69 Å². The van der Waals surface area contributed by atoms with Crippen LogP contribution >= 0.6 is 11.3 Å². The fourth-order valence-electron chi connectivity index (χ4n) is 2.91. The van der Waals surface area contributed by atoms with Crippen molar-refractivity contribution in [2.45, 2.75) is 0 Å². The summed E-state index contributed by atoms with van der Waals surface area (Å²) >= 11 is 1.25. The van der Waals surface area contributed by atoms with E-state index < -0.39 is 5.97 Å². The Hall–Kier alpha value is -3.45. The monoisotopic (exact) mass is 376 g/mol. The Labute approximate surface area is 159 Å². The van der Waals surface area contributed by atoms with Crippen LogP contribution in [0.15, 0.2) is 66.0 Å². The van der Waals surface area contributed by atoms with Crippen molar-refractivity contribution in [1.29, 1.82) is 0 Å². The lowest BCUT2D eigenvalue weighted by atomic mass is 10.1. The first kappa shape index (κ1) is 17.0. The van der Waals surface area contributed by atoms with Crippen molar-refractivity contribution in [3.05, 3.63) is 71.7 Å². The van der Waals surface area contributed by atoms with Crippen molar-refractivity contribution in [1.82, 2.24) is 14.8 Å². The Kier molecular flexibility index (Phi) is 4.43. The van der Waals surface area contributed by atoms with E-state index in [1.54, 1.807) is 4.68 Å². The molecule has 0 unspecified atom stereocenters. The van der Waals surface area contributed by atoms with Gasteiger partial charge >= 0.3 is 5.97 Å². The molecule has 2 N–H and O–H groups in total. The van der Waals surface area contributed by atoms with Gasteiger partial charge in [-0.25, -0.2) is 14.5 Å². The van der Waals surface area contributed by atoms with Crippen molar-refractivity contribution in [2.75, 3.05) is 12.4 Å². The smallest absolute Gasteiger partial charge is 0.355 e. The number of hydrogen-bond donors (Lipinski definition) is 2. The molecule has 2 aromatic carbocycles. The molecule has 0 aliphatic rings.